The van der Waals surface area contributed by atoms with E-state index in [1.807, 2.05) is 24.4 Å². The zero-order chi connectivity index (χ0) is 12.1. The molecule has 0 saturated carbocycles. The Morgan fingerprint density at radius 2 is 2.12 bits per heavy atom. The van der Waals surface area contributed by atoms with Crippen LogP contribution in [0.4, 0.5) is 5.82 Å². The minimum Gasteiger partial charge on any atom is -0.364 e. The third-order valence-corrected chi connectivity index (χ3v) is 2.73. The Hall–Kier alpha value is -1.61. The maximum atomic E-state index is 5.82. The lowest BCUT2D eigenvalue weighted by Gasteiger charge is -2.08. The van der Waals surface area contributed by atoms with Gasteiger partial charge in [-0.1, -0.05) is 30.7 Å². The Bertz CT molecular complexity index is 500. The summed E-state index contributed by atoms with van der Waals surface area (Å²) in [5.74, 6) is 0.769. The largest absolute Gasteiger partial charge is 0.364 e. The second kappa shape index (κ2) is 5.64. The van der Waals surface area contributed by atoms with Crippen molar-refractivity contribution in [2.75, 3.05) is 5.32 Å². The molecule has 2 aromatic heterocycles. The van der Waals surface area contributed by atoms with Gasteiger partial charge in [-0.3, -0.25) is 4.98 Å². The van der Waals surface area contributed by atoms with Crippen LogP contribution in [0.1, 0.15) is 18.2 Å². The van der Waals surface area contributed by atoms with Gasteiger partial charge in [-0.25, -0.2) is 4.98 Å². The standard InChI is InChI=1S/C13H14ClN3/c1-2-10-5-4-8-15-11(10)9-16-13-7-3-6-12(14)17-13/h3-8H,2,9H2,1H3,(H,16,17). The highest BCUT2D eigenvalue weighted by Gasteiger charge is 2.01. The van der Waals surface area contributed by atoms with Gasteiger partial charge >= 0.3 is 0 Å². The molecule has 0 bridgehead atoms. The number of rotatable bonds is 4. The molecule has 2 aromatic rings. The highest BCUT2D eigenvalue weighted by atomic mass is 35.5. The van der Waals surface area contributed by atoms with E-state index in [-0.39, 0.29) is 0 Å². The van der Waals surface area contributed by atoms with Gasteiger partial charge in [0.25, 0.3) is 0 Å². The predicted molar refractivity (Wildman–Crippen MR) is 70.2 cm³/mol. The van der Waals surface area contributed by atoms with Crippen molar-refractivity contribution in [3.63, 3.8) is 0 Å². The quantitative estimate of drug-likeness (QED) is 0.843. The van der Waals surface area contributed by atoms with Crippen LogP contribution in [0.5, 0.6) is 0 Å². The van der Waals surface area contributed by atoms with Gasteiger partial charge in [0.1, 0.15) is 11.0 Å². The molecule has 0 saturated heterocycles. The van der Waals surface area contributed by atoms with Crippen LogP contribution >= 0.6 is 11.6 Å². The number of aromatic nitrogens is 2. The van der Waals surface area contributed by atoms with Crippen molar-refractivity contribution in [1.29, 1.82) is 0 Å². The summed E-state index contributed by atoms with van der Waals surface area (Å²) in [7, 11) is 0. The van der Waals surface area contributed by atoms with E-state index in [4.69, 9.17) is 11.6 Å². The lowest BCUT2D eigenvalue weighted by Crippen LogP contribution is -2.05. The van der Waals surface area contributed by atoms with Crippen molar-refractivity contribution in [2.45, 2.75) is 19.9 Å². The van der Waals surface area contributed by atoms with Crippen molar-refractivity contribution in [3.8, 4) is 0 Å². The molecule has 4 heteroatoms. The third kappa shape index (κ3) is 3.17. The van der Waals surface area contributed by atoms with Crippen molar-refractivity contribution in [2.24, 2.45) is 0 Å². The van der Waals surface area contributed by atoms with Crippen LogP contribution in [-0.4, -0.2) is 9.97 Å². The number of nitrogens with zero attached hydrogens (tertiary/aromatic N) is 2. The van der Waals surface area contributed by atoms with Crippen molar-refractivity contribution in [3.05, 3.63) is 52.9 Å². The molecule has 3 nitrogen and oxygen atoms in total. The highest BCUT2D eigenvalue weighted by molar-refractivity contribution is 6.29. The molecular formula is C13H14ClN3. The fourth-order valence-corrected chi connectivity index (χ4v) is 1.80. The summed E-state index contributed by atoms with van der Waals surface area (Å²) >= 11 is 5.82. The van der Waals surface area contributed by atoms with Crippen molar-refractivity contribution < 1.29 is 0 Å². The number of hydrogen-bond acceptors (Lipinski definition) is 3. The Labute approximate surface area is 106 Å². The van der Waals surface area contributed by atoms with Crippen molar-refractivity contribution >= 4 is 17.4 Å². The molecule has 88 valence electrons. The topological polar surface area (TPSA) is 37.8 Å². The molecule has 1 N–H and O–H groups in total. The number of halogens is 1. The highest BCUT2D eigenvalue weighted by Crippen LogP contribution is 2.12. The van der Waals surface area contributed by atoms with Crippen LogP contribution < -0.4 is 5.32 Å². The first-order valence-electron chi connectivity index (χ1n) is 5.59. The van der Waals surface area contributed by atoms with E-state index in [2.05, 4.69) is 28.3 Å². The Kier molecular flexibility index (Phi) is 3.94. The number of hydrogen-bond donors (Lipinski definition) is 1. The van der Waals surface area contributed by atoms with Crippen LogP contribution in [0.15, 0.2) is 36.5 Å². The Morgan fingerprint density at radius 3 is 2.88 bits per heavy atom. The molecule has 0 atom stereocenters. The van der Waals surface area contributed by atoms with Gasteiger partial charge in [-0.05, 0) is 30.2 Å². The molecule has 0 amide bonds. The van der Waals surface area contributed by atoms with Gasteiger partial charge in [-0.15, -0.1) is 0 Å². The predicted octanol–water partition coefficient (Wildman–Crippen LogP) is 3.30. The zero-order valence-corrected chi connectivity index (χ0v) is 10.4. The van der Waals surface area contributed by atoms with Gasteiger partial charge in [0, 0.05) is 6.20 Å². The summed E-state index contributed by atoms with van der Waals surface area (Å²) in [5.41, 5.74) is 2.30. The Morgan fingerprint density at radius 1 is 1.24 bits per heavy atom. The maximum absolute atomic E-state index is 5.82. The molecule has 2 rings (SSSR count). The third-order valence-electron chi connectivity index (χ3n) is 2.52. The summed E-state index contributed by atoms with van der Waals surface area (Å²) in [6, 6.07) is 9.57. The minimum absolute atomic E-state index is 0.492. The maximum Gasteiger partial charge on any atom is 0.131 e. The first-order chi connectivity index (χ1) is 8.29. The minimum atomic E-state index is 0.492. The smallest absolute Gasteiger partial charge is 0.131 e. The average Bonchev–Trinajstić information content (AvgIpc) is 2.37. The summed E-state index contributed by atoms with van der Waals surface area (Å²) in [6.07, 6.45) is 2.79. The fourth-order valence-electron chi connectivity index (χ4n) is 1.63. The summed E-state index contributed by atoms with van der Waals surface area (Å²) in [5, 5.41) is 3.71. The molecule has 17 heavy (non-hydrogen) atoms. The van der Waals surface area contributed by atoms with Crippen LogP contribution in [0.2, 0.25) is 5.15 Å². The first-order valence-corrected chi connectivity index (χ1v) is 5.96. The number of nitrogens with one attached hydrogen (secondary N) is 1. The number of aryl methyl sites for hydroxylation is 1. The van der Waals surface area contributed by atoms with Crippen LogP contribution in [-0.2, 0) is 13.0 Å². The fraction of sp³-hybridized carbons (Fsp3) is 0.231. The van der Waals surface area contributed by atoms with E-state index in [0.29, 0.717) is 11.7 Å². The molecule has 0 radical (unpaired) electrons. The lowest BCUT2D eigenvalue weighted by atomic mass is 10.1. The van der Waals surface area contributed by atoms with E-state index in [9.17, 15) is 0 Å². The summed E-state index contributed by atoms with van der Waals surface area (Å²) in [6.45, 7) is 2.79. The summed E-state index contributed by atoms with van der Waals surface area (Å²) in [4.78, 5) is 8.53. The van der Waals surface area contributed by atoms with Crippen LogP contribution in [0.3, 0.4) is 0 Å². The first kappa shape index (κ1) is 11.9. The van der Waals surface area contributed by atoms with E-state index >= 15 is 0 Å². The summed E-state index contributed by atoms with van der Waals surface area (Å²) < 4.78 is 0. The van der Waals surface area contributed by atoms with Gasteiger partial charge in [0.05, 0.1) is 12.2 Å². The van der Waals surface area contributed by atoms with Gasteiger partial charge in [0.2, 0.25) is 0 Å². The van der Waals surface area contributed by atoms with E-state index in [0.717, 1.165) is 17.9 Å². The molecule has 0 fully saturated rings. The van der Waals surface area contributed by atoms with Crippen LogP contribution in [0.25, 0.3) is 0 Å². The van der Waals surface area contributed by atoms with Gasteiger partial charge in [0.15, 0.2) is 0 Å². The Balaban J connectivity index is 2.07. The molecule has 0 aliphatic rings. The van der Waals surface area contributed by atoms with E-state index < -0.39 is 0 Å². The number of pyridine rings is 2. The van der Waals surface area contributed by atoms with E-state index in [1.165, 1.54) is 5.56 Å². The van der Waals surface area contributed by atoms with Gasteiger partial charge in [-0.2, -0.15) is 0 Å². The molecule has 0 unspecified atom stereocenters. The SMILES string of the molecule is CCc1cccnc1CNc1cccc(Cl)n1. The van der Waals surface area contributed by atoms with Crippen LogP contribution in [0, 0.1) is 0 Å². The van der Waals surface area contributed by atoms with Crippen molar-refractivity contribution in [1.82, 2.24) is 9.97 Å². The normalized spacial score (nSPS) is 10.2. The molecule has 0 aromatic carbocycles. The molecule has 0 aliphatic carbocycles. The van der Waals surface area contributed by atoms with E-state index in [1.54, 1.807) is 6.07 Å². The second-order valence-corrected chi connectivity index (χ2v) is 4.05. The zero-order valence-electron chi connectivity index (χ0n) is 9.65. The lowest BCUT2D eigenvalue weighted by molar-refractivity contribution is 0.965. The van der Waals surface area contributed by atoms with Gasteiger partial charge < -0.3 is 5.32 Å². The molecular weight excluding hydrogens is 234 g/mol. The molecule has 0 aliphatic heterocycles. The monoisotopic (exact) mass is 247 g/mol. The average molecular weight is 248 g/mol. The molecule has 0 spiro atoms. The number of anilines is 1. The second-order valence-electron chi connectivity index (χ2n) is 3.66. The molecule has 2 heterocycles.